The van der Waals surface area contributed by atoms with Crippen molar-refractivity contribution in [2.45, 2.75) is 0 Å². The summed E-state index contributed by atoms with van der Waals surface area (Å²) in [6.45, 7) is 0. The van der Waals surface area contributed by atoms with E-state index >= 15 is 0 Å². The zero-order valence-electron chi connectivity index (χ0n) is 11.8. The number of benzene rings is 3. The Balaban J connectivity index is 2.18. The lowest BCUT2D eigenvalue weighted by atomic mass is 9.98. The van der Waals surface area contributed by atoms with Gasteiger partial charge in [-0.15, -0.1) is 11.3 Å². The molecule has 23 heavy (non-hydrogen) atoms. The lowest BCUT2D eigenvalue weighted by Gasteiger charge is -2.08. The van der Waals surface area contributed by atoms with E-state index in [9.17, 15) is 10.1 Å². The van der Waals surface area contributed by atoms with E-state index in [1.165, 1.54) is 4.70 Å². The summed E-state index contributed by atoms with van der Waals surface area (Å²) in [5.41, 5.74) is 1.63. The van der Waals surface area contributed by atoms with Crippen molar-refractivity contribution in [3.8, 4) is 11.1 Å². The minimum atomic E-state index is -0.326. The van der Waals surface area contributed by atoms with Crippen LogP contribution in [0.3, 0.4) is 0 Å². The standard InChI is InChI=1S/C18H10BrNO2S/c19-13-7-4-8-14(20(21)22)18(13)12-6-3-10-16-17(12)11-5-1-2-9-15(11)23-16/h1-10H. The van der Waals surface area contributed by atoms with Crippen molar-refractivity contribution in [1.29, 1.82) is 0 Å². The van der Waals surface area contributed by atoms with Gasteiger partial charge >= 0.3 is 0 Å². The van der Waals surface area contributed by atoms with Crippen LogP contribution >= 0.6 is 27.3 Å². The number of hydrogen-bond donors (Lipinski definition) is 0. The van der Waals surface area contributed by atoms with Crippen molar-refractivity contribution in [3.63, 3.8) is 0 Å². The number of rotatable bonds is 2. The van der Waals surface area contributed by atoms with Gasteiger partial charge in [-0.25, -0.2) is 0 Å². The van der Waals surface area contributed by atoms with E-state index in [-0.39, 0.29) is 10.6 Å². The van der Waals surface area contributed by atoms with Crippen molar-refractivity contribution in [2.75, 3.05) is 0 Å². The van der Waals surface area contributed by atoms with Crippen LogP contribution < -0.4 is 0 Å². The first kappa shape index (κ1) is 14.4. The summed E-state index contributed by atoms with van der Waals surface area (Å²) in [6.07, 6.45) is 0. The molecule has 4 rings (SSSR count). The number of nitro groups is 1. The van der Waals surface area contributed by atoms with Gasteiger partial charge in [-0.3, -0.25) is 10.1 Å². The molecule has 0 aliphatic rings. The van der Waals surface area contributed by atoms with Gasteiger partial charge in [0.15, 0.2) is 0 Å². The molecule has 0 unspecified atom stereocenters. The van der Waals surface area contributed by atoms with Gasteiger partial charge in [-0.2, -0.15) is 0 Å². The Hall–Kier alpha value is -2.24. The third-order valence-corrected chi connectivity index (χ3v) is 5.66. The molecule has 0 N–H and O–H groups in total. The average Bonchev–Trinajstić information content (AvgIpc) is 2.93. The SMILES string of the molecule is O=[N+]([O-])c1cccc(Br)c1-c1cccc2sc3ccccc3c12. The van der Waals surface area contributed by atoms with Gasteiger partial charge in [-0.1, -0.05) is 36.4 Å². The van der Waals surface area contributed by atoms with Crippen LogP contribution in [0.25, 0.3) is 31.3 Å². The molecule has 0 bridgehead atoms. The van der Waals surface area contributed by atoms with Gasteiger partial charge in [0.05, 0.1) is 10.5 Å². The van der Waals surface area contributed by atoms with E-state index < -0.39 is 0 Å². The molecule has 5 heteroatoms. The largest absolute Gasteiger partial charge is 0.278 e. The zero-order chi connectivity index (χ0) is 16.0. The highest BCUT2D eigenvalue weighted by Gasteiger charge is 2.21. The Bertz CT molecular complexity index is 1070. The third-order valence-electron chi connectivity index (χ3n) is 3.86. The monoisotopic (exact) mass is 383 g/mol. The molecule has 0 radical (unpaired) electrons. The topological polar surface area (TPSA) is 43.1 Å². The van der Waals surface area contributed by atoms with E-state index in [1.54, 1.807) is 23.5 Å². The van der Waals surface area contributed by atoms with Gasteiger partial charge in [0.1, 0.15) is 0 Å². The molecule has 0 fully saturated rings. The smallest absolute Gasteiger partial charge is 0.258 e. The molecule has 0 aliphatic carbocycles. The summed E-state index contributed by atoms with van der Waals surface area (Å²) in [5, 5.41) is 13.7. The van der Waals surface area contributed by atoms with Crippen LogP contribution in [0.1, 0.15) is 0 Å². The highest BCUT2D eigenvalue weighted by atomic mass is 79.9. The maximum Gasteiger partial charge on any atom is 0.278 e. The fraction of sp³-hybridized carbons (Fsp3) is 0. The highest BCUT2D eigenvalue weighted by molar-refractivity contribution is 9.10. The van der Waals surface area contributed by atoms with Crippen LogP contribution in [0.2, 0.25) is 0 Å². The molecule has 3 aromatic carbocycles. The van der Waals surface area contributed by atoms with E-state index in [0.717, 1.165) is 25.5 Å². The molecular formula is C18H10BrNO2S. The van der Waals surface area contributed by atoms with Crippen LogP contribution in [-0.4, -0.2) is 4.92 Å². The number of fused-ring (bicyclic) bond motifs is 3. The summed E-state index contributed by atoms with van der Waals surface area (Å²) in [4.78, 5) is 11.1. The van der Waals surface area contributed by atoms with Crippen molar-refractivity contribution in [1.82, 2.24) is 0 Å². The minimum absolute atomic E-state index is 0.113. The number of hydrogen-bond acceptors (Lipinski definition) is 3. The number of nitro benzene ring substituents is 1. The molecule has 0 spiro atoms. The molecule has 0 aliphatic heterocycles. The molecule has 1 aromatic heterocycles. The van der Waals surface area contributed by atoms with E-state index in [0.29, 0.717) is 5.56 Å². The molecule has 4 aromatic rings. The molecule has 0 atom stereocenters. The quantitative estimate of drug-likeness (QED) is 0.297. The van der Waals surface area contributed by atoms with Crippen molar-refractivity contribution < 1.29 is 4.92 Å². The molecule has 1 heterocycles. The van der Waals surface area contributed by atoms with Crippen molar-refractivity contribution in [3.05, 3.63) is 75.3 Å². The van der Waals surface area contributed by atoms with Crippen molar-refractivity contribution >= 4 is 53.1 Å². The Morgan fingerprint density at radius 2 is 1.65 bits per heavy atom. The van der Waals surface area contributed by atoms with Crippen LogP contribution in [0.15, 0.2) is 65.1 Å². The zero-order valence-corrected chi connectivity index (χ0v) is 14.2. The van der Waals surface area contributed by atoms with Crippen LogP contribution in [0.4, 0.5) is 5.69 Å². The van der Waals surface area contributed by atoms with E-state index in [4.69, 9.17) is 0 Å². The second-order valence-electron chi connectivity index (χ2n) is 5.17. The van der Waals surface area contributed by atoms with Gasteiger partial charge in [0.25, 0.3) is 5.69 Å². The molecule has 0 amide bonds. The minimum Gasteiger partial charge on any atom is -0.258 e. The molecule has 112 valence electrons. The van der Waals surface area contributed by atoms with Gasteiger partial charge in [0, 0.05) is 30.7 Å². The summed E-state index contributed by atoms with van der Waals surface area (Å²) < 4.78 is 3.05. The van der Waals surface area contributed by atoms with Crippen LogP contribution in [-0.2, 0) is 0 Å². The molecule has 3 nitrogen and oxygen atoms in total. The van der Waals surface area contributed by atoms with Crippen LogP contribution in [0.5, 0.6) is 0 Å². The van der Waals surface area contributed by atoms with Crippen LogP contribution in [0, 0.1) is 10.1 Å². The summed E-state index contributed by atoms with van der Waals surface area (Å²) in [5.74, 6) is 0. The molecule has 0 saturated carbocycles. The lowest BCUT2D eigenvalue weighted by molar-refractivity contribution is -0.384. The Kier molecular flexibility index (Phi) is 3.39. The predicted octanol–water partition coefficient (Wildman–Crippen LogP) is 6.39. The highest BCUT2D eigenvalue weighted by Crippen LogP contribution is 2.44. The van der Waals surface area contributed by atoms with Gasteiger partial charge in [0.2, 0.25) is 0 Å². The maximum absolute atomic E-state index is 11.5. The number of halogens is 1. The second kappa shape index (κ2) is 5.44. The lowest BCUT2D eigenvalue weighted by Crippen LogP contribution is -1.93. The third kappa shape index (κ3) is 2.24. The summed E-state index contributed by atoms with van der Waals surface area (Å²) in [7, 11) is 0. The Morgan fingerprint density at radius 1 is 0.913 bits per heavy atom. The molecular weight excluding hydrogens is 374 g/mol. The average molecular weight is 384 g/mol. The van der Waals surface area contributed by atoms with E-state index in [2.05, 4.69) is 34.1 Å². The first-order valence-corrected chi connectivity index (χ1v) is 8.61. The fourth-order valence-corrected chi connectivity index (χ4v) is 4.62. The van der Waals surface area contributed by atoms with E-state index in [1.807, 2.05) is 30.3 Å². The first-order chi connectivity index (χ1) is 11.2. The number of thiophene rings is 1. The first-order valence-electron chi connectivity index (χ1n) is 7.00. The Labute approximate surface area is 144 Å². The van der Waals surface area contributed by atoms with Crippen molar-refractivity contribution in [2.24, 2.45) is 0 Å². The van der Waals surface area contributed by atoms with Gasteiger partial charge in [-0.05, 0) is 39.7 Å². The second-order valence-corrected chi connectivity index (χ2v) is 7.11. The molecule has 0 saturated heterocycles. The fourth-order valence-electron chi connectivity index (χ4n) is 2.91. The van der Waals surface area contributed by atoms with Gasteiger partial charge < -0.3 is 0 Å². The summed E-state index contributed by atoms with van der Waals surface area (Å²) in [6, 6.07) is 19.2. The number of nitrogens with zero attached hydrogens (tertiary/aromatic N) is 1. The summed E-state index contributed by atoms with van der Waals surface area (Å²) >= 11 is 5.19. The normalized spacial score (nSPS) is 11.2. The predicted molar refractivity (Wildman–Crippen MR) is 99.1 cm³/mol. The Morgan fingerprint density at radius 3 is 2.48 bits per heavy atom. The maximum atomic E-state index is 11.5.